The van der Waals surface area contributed by atoms with E-state index in [2.05, 4.69) is 0 Å². The standard InChI is InChI=1S/C19H12F7NO4S/c1-9-11(17(20,18(21,22)23)19(24,25)26)6-4-7-12(9)27-15(28)10-5-3-8-13(32(2,30)31)14(10)16(27)29/h3-8H,1-2H3. The number of imide groups is 1. The molecular formula is C19H12F7NO4S. The molecule has 0 aromatic heterocycles. The van der Waals surface area contributed by atoms with E-state index in [1.165, 1.54) is 0 Å². The highest BCUT2D eigenvalue weighted by molar-refractivity contribution is 7.90. The Morgan fingerprint density at radius 3 is 1.84 bits per heavy atom. The Morgan fingerprint density at radius 1 is 0.812 bits per heavy atom. The summed E-state index contributed by atoms with van der Waals surface area (Å²) in [5.74, 6) is -2.46. The highest BCUT2D eigenvalue weighted by atomic mass is 32.2. The number of rotatable bonds is 3. The van der Waals surface area contributed by atoms with E-state index in [0.29, 0.717) is 13.0 Å². The molecule has 0 aliphatic carbocycles. The van der Waals surface area contributed by atoms with Gasteiger partial charge in [-0.3, -0.25) is 9.59 Å². The molecule has 13 heteroatoms. The van der Waals surface area contributed by atoms with Crippen molar-refractivity contribution in [1.82, 2.24) is 0 Å². The number of carbonyl (C=O) groups is 2. The lowest BCUT2D eigenvalue weighted by Crippen LogP contribution is -2.51. The number of benzene rings is 2. The topological polar surface area (TPSA) is 71.5 Å². The van der Waals surface area contributed by atoms with Crippen molar-refractivity contribution in [2.45, 2.75) is 29.8 Å². The van der Waals surface area contributed by atoms with Crippen molar-refractivity contribution in [2.24, 2.45) is 0 Å². The van der Waals surface area contributed by atoms with E-state index in [0.717, 1.165) is 30.5 Å². The van der Waals surface area contributed by atoms with Crippen LogP contribution in [0.2, 0.25) is 0 Å². The minimum absolute atomic E-state index is 0.228. The van der Waals surface area contributed by atoms with Crippen LogP contribution in [0, 0.1) is 6.92 Å². The molecule has 2 aromatic carbocycles. The molecule has 5 nitrogen and oxygen atoms in total. The molecule has 0 atom stereocenters. The lowest BCUT2D eigenvalue weighted by atomic mass is 9.89. The van der Waals surface area contributed by atoms with Gasteiger partial charge in [0.1, 0.15) is 0 Å². The predicted molar refractivity (Wildman–Crippen MR) is 96.8 cm³/mol. The number of anilines is 1. The average molecular weight is 483 g/mol. The molecule has 0 spiro atoms. The van der Waals surface area contributed by atoms with Crippen LogP contribution in [0.1, 0.15) is 31.8 Å². The van der Waals surface area contributed by atoms with E-state index in [9.17, 15) is 48.7 Å². The molecular weight excluding hydrogens is 471 g/mol. The van der Waals surface area contributed by atoms with Crippen LogP contribution < -0.4 is 4.90 Å². The molecule has 32 heavy (non-hydrogen) atoms. The smallest absolute Gasteiger partial charge is 0.268 e. The second-order valence-electron chi connectivity index (χ2n) is 7.00. The molecule has 0 saturated carbocycles. The van der Waals surface area contributed by atoms with Gasteiger partial charge in [-0.15, -0.1) is 0 Å². The molecule has 2 aromatic rings. The first-order chi connectivity index (χ1) is 14.4. The van der Waals surface area contributed by atoms with E-state index < -0.39 is 72.5 Å². The van der Waals surface area contributed by atoms with Gasteiger partial charge >= 0.3 is 18.0 Å². The van der Waals surface area contributed by atoms with Crippen LogP contribution in [0.15, 0.2) is 41.3 Å². The lowest BCUT2D eigenvalue weighted by Gasteiger charge is -2.32. The summed E-state index contributed by atoms with van der Waals surface area (Å²) in [5.41, 5.74) is -10.3. The molecule has 0 unspecified atom stereocenters. The Bertz CT molecular complexity index is 1240. The van der Waals surface area contributed by atoms with Gasteiger partial charge < -0.3 is 0 Å². The van der Waals surface area contributed by atoms with E-state index >= 15 is 0 Å². The number of carbonyl (C=O) groups excluding carboxylic acids is 2. The van der Waals surface area contributed by atoms with Gasteiger partial charge in [-0.05, 0) is 30.7 Å². The number of fused-ring (bicyclic) bond motifs is 1. The highest BCUT2D eigenvalue weighted by Gasteiger charge is 2.74. The normalized spacial score (nSPS) is 15.3. The number of hydrogen-bond donors (Lipinski definition) is 0. The molecule has 1 aliphatic rings. The predicted octanol–water partition coefficient (Wildman–Crippen LogP) is 4.49. The van der Waals surface area contributed by atoms with Crippen molar-refractivity contribution in [3.05, 3.63) is 58.7 Å². The van der Waals surface area contributed by atoms with E-state index in [-0.39, 0.29) is 11.0 Å². The van der Waals surface area contributed by atoms with Crippen LogP contribution in [0.25, 0.3) is 0 Å². The van der Waals surface area contributed by atoms with Crippen molar-refractivity contribution in [3.63, 3.8) is 0 Å². The Morgan fingerprint density at radius 2 is 1.34 bits per heavy atom. The molecule has 2 amide bonds. The number of nitrogens with zero attached hydrogens (tertiary/aromatic N) is 1. The second-order valence-corrected chi connectivity index (χ2v) is 8.98. The highest BCUT2D eigenvalue weighted by Crippen LogP contribution is 2.54. The Hall–Kier alpha value is -2.96. The van der Waals surface area contributed by atoms with Gasteiger partial charge in [0.05, 0.1) is 21.7 Å². The zero-order valence-electron chi connectivity index (χ0n) is 16.1. The minimum Gasteiger partial charge on any atom is -0.268 e. The molecule has 0 saturated heterocycles. The zero-order chi connectivity index (χ0) is 24.4. The maximum absolute atomic E-state index is 14.6. The first-order valence-electron chi connectivity index (χ1n) is 8.59. The third-order valence-corrected chi connectivity index (χ3v) is 6.11. The first-order valence-corrected chi connectivity index (χ1v) is 10.5. The summed E-state index contributed by atoms with van der Waals surface area (Å²) >= 11 is 0. The number of halogens is 7. The molecule has 3 rings (SSSR count). The summed E-state index contributed by atoms with van der Waals surface area (Å²) in [4.78, 5) is 25.3. The van der Waals surface area contributed by atoms with Crippen molar-refractivity contribution < 1.29 is 48.7 Å². The third-order valence-electron chi connectivity index (χ3n) is 4.97. The minimum atomic E-state index is -6.40. The van der Waals surface area contributed by atoms with E-state index in [1.807, 2.05) is 0 Å². The lowest BCUT2D eigenvalue weighted by molar-refractivity contribution is -0.348. The van der Waals surface area contributed by atoms with E-state index in [4.69, 9.17) is 0 Å². The number of alkyl halides is 7. The van der Waals surface area contributed by atoms with Gasteiger partial charge in [-0.1, -0.05) is 18.2 Å². The van der Waals surface area contributed by atoms with Gasteiger partial charge in [-0.25, -0.2) is 17.7 Å². The molecule has 0 N–H and O–H groups in total. The molecule has 0 radical (unpaired) electrons. The molecule has 0 fully saturated rings. The van der Waals surface area contributed by atoms with Crippen LogP contribution >= 0.6 is 0 Å². The largest absolute Gasteiger partial charge is 0.435 e. The van der Waals surface area contributed by atoms with Crippen LogP contribution in [0.3, 0.4) is 0 Å². The second kappa shape index (κ2) is 7.02. The summed E-state index contributed by atoms with van der Waals surface area (Å²) in [7, 11) is -4.03. The van der Waals surface area contributed by atoms with Gasteiger partial charge in [0.2, 0.25) is 0 Å². The summed E-state index contributed by atoms with van der Waals surface area (Å²) in [6.07, 6.45) is -12.1. The average Bonchev–Trinajstić information content (AvgIpc) is 2.90. The van der Waals surface area contributed by atoms with Crippen LogP contribution in [0.5, 0.6) is 0 Å². The quantitative estimate of drug-likeness (QED) is 0.477. The van der Waals surface area contributed by atoms with Crippen molar-refractivity contribution in [1.29, 1.82) is 0 Å². The third kappa shape index (κ3) is 3.26. The Kier molecular flexibility index (Phi) is 5.20. The van der Waals surface area contributed by atoms with Gasteiger partial charge in [-0.2, -0.15) is 26.3 Å². The van der Waals surface area contributed by atoms with Crippen LogP contribution in [0.4, 0.5) is 36.4 Å². The molecule has 1 aliphatic heterocycles. The fourth-order valence-electron chi connectivity index (χ4n) is 3.49. The number of amides is 2. The number of sulfone groups is 1. The maximum atomic E-state index is 14.6. The maximum Gasteiger partial charge on any atom is 0.435 e. The molecule has 172 valence electrons. The Balaban J connectivity index is 2.26. The number of hydrogen-bond acceptors (Lipinski definition) is 4. The summed E-state index contributed by atoms with van der Waals surface area (Å²) in [6.45, 7) is 0.692. The fraction of sp³-hybridized carbons (Fsp3) is 0.263. The van der Waals surface area contributed by atoms with Crippen molar-refractivity contribution >= 4 is 27.3 Å². The molecule has 1 heterocycles. The molecule has 0 bridgehead atoms. The summed E-state index contributed by atoms with van der Waals surface area (Å²) in [6, 6.07) is 4.98. The summed E-state index contributed by atoms with van der Waals surface area (Å²) < 4.78 is 118. The van der Waals surface area contributed by atoms with Crippen LogP contribution in [-0.4, -0.2) is 38.8 Å². The van der Waals surface area contributed by atoms with Gasteiger partial charge in [0, 0.05) is 11.8 Å². The van der Waals surface area contributed by atoms with Crippen molar-refractivity contribution in [3.8, 4) is 0 Å². The Labute approximate surface area is 176 Å². The fourth-order valence-corrected chi connectivity index (χ4v) is 4.38. The SMILES string of the molecule is Cc1c(N2C(=O)c3cccc(S(C)(=O)=O)c3C2=O)cccc1C(F)(C(F)(F)F)C(F)(F)F. The summed E-state index contributed by atoms with van der Waals surface area (Å²) in [5, 5.41) is 0. The van der Waals surface area contributed by atoms with Gasteiger partial charge in [0.25, 0.3) is 11.8 Å². The van der Waals surface area contributed by atoms with Crippen LogP contribution in [-0.2, 0) is 15.5 Å². The van der Waals surface area contributed by atoms with E-state index in [1.54, 1.807) is 0 Å². The zero-order valence-corrected chi connectivity index (χ0v) is 16.9. The van der Waals surface area contributed by atoms with Crippen molar-refractivity contribution in [2.75, 3.05) is 11.2 Å². The van der Waals surface area contributed by atoms with Gasteiger partial charge in [0.15, 0.2) is 9.84 Å². The first kappa shape index (κ1) is 23.7. The monoisotopic (exact) mass is 483 g/mol.